The van der Waals surface area contributed by atoms with Crippen LogP contribution in [0.3, 0.4) is 0 Å². The monoisotopic (exact) mass is 276 g/mol. The Balaban J connectivity index is 0.000000612. The fourth-order valence-corrected chi connectivity index (χ4v) is 3.06. The van der Waals surface area contributed by atoms with Gasteiger partial charge in [0.25, 0.3) is 0 Å². The van der Waals surface area contributed by atoms with E-state index in [4.69, 9.17) is 0 Å². The minimum Gasteiger partial charge on any atom is -0.388 e. The molecule has 0 aromatic rings. The molecule has 0 heterocycles. The number of rotatable bonds is 2. The van der Waals surface area contributed by atoms with Gasteiger partial charge in [0, 0.05) is 20.6 Å². The number of hydrogen-bond acceptors (Lipinski definition) is 3. The van der Waals surface area contributed by atoms with Crippen LogP contribution in [0.4, 0.5) is 0 Å². The number of Topliss-reactive ketones (excluding diaryl/α,β-unsaturated/α-hetero) is 1. The number of carbonyl (C=O) groups excluding carboxylic acids is 2. The molecule has 3 nitrogen and oxygen atoms in total. The average molecular weight is 276 g/mol. The van der Waals surface area contributed by atoms with Gasteiger partial charge in [0.05, 0.1) is 0 Å². The minimum atomic E-state index is 0.165. The topological polar surface area (TPSA) is 43.4 Å². The first-order valence-electron chi connectivity index (χ1n) is 6.90. The molecule has 0 bridgehead atoms. The summed E-state index contributed by atoms with van der Waals surface area (Å²) >= 11 is 0. The van der Waals surface area contributed by atoms with Crippen LogP contribution in [-0.4, -0.2) is 26.3 Å². The van der Waals surface area contributed by atoms with E-state index < -0.39 is 0 Å². The third-order valence-electron chi connectivity index (χ3n) is 4.25. The number of carbonyl (C=O) groups is 2. The van der Waals surface area contributed by atoms with Crippen LogP contribution in [0.2, 0.25) is 0 Å². The highest BCUT2D eigenvalue weighted by molar-refractivity contribution is 5.98. The quantitative estimate of drug-likeness (QED) is 0.442. The van der Waals surface area contributed by atoms with Crippen LogP contribution in [-0.2, 0) is 14.3 Å². The van der Waals surface area contributed by atoms with Crippen molar-refractivity contribution in [2.24, 2.45) is 17.8 Å². The largest absolute Gasteiger partial charge is 0.388 e. The van der Waals surface area contributed by atoms with Crippen LogP contribution < -0.4 is 0 Å². The molecular formula is C17H24O3. The number of aldehydes is 1. The molecule has 0 aromatic heterocycles. The smallest absolute Gasteiger partial charge is 0.159 e. The highest BCUT2D eigenvalue weighted by Gasteiger charge is 2.41. The third kappa shape index (κ3) is 3.54. The fourth-order valence-electron chi connectivity index (χ4n) is 3.06. The molecule has 0 aliphatic heterocycles. The number of ether oxygens (including phenoxy) is 1. The maximum absolute atomic E-state index is 11.7. The summed E-state index contributed by atoms with van der Waals surface area (Å²) in [7, 11) is 3.25. The van der Waals surface area contributed by atoms with Crippen LogP contribution in [0.25, 0.3) is 0 Å². The van der Waals surface area contributed by atoms with Gasteiger partial charge in [0.2, 0.25) is 0 Å². The van der Waals surface area contributed by atoms with E-state index in [1.807, 2.05) is 0 Å². The van der Waals surface area contributed by atoms with Gasteiger partial charge in [-0.2, -0.15) is 0 Å². The molecular weight excluding hydrogens is 252 g/mol. The molecule has 20 heavy (non-hydrogen) atoms. The van der Waals surface area contributed by atoms with Crippen LogP contribution in [0.1, 0.15) is 25.7 Å². The average Bonchev–Trinajstić information content (AvgIpc) is 2.60. The normalized spacial score (nSPS) is 29.1. The molecule has 0 aromatic carbocycles. The van der Waals surface area contributed by atoms with Crippen molar-refractivity contribution in [3.63, 3.8) is 0 Å². The summed E-state index contributed by atoms with van der Waals surface area (Å²) in [6.07, 6.45) is 4.03. The highest BCUT2D eigenvalue weighted by Crippen LogP contribution is 2.46. The van der Waals surface area contributed by atoms with E-state index in [1.54, 1.807) is 14.2 Å². The summed E-state index contributed by atoms with van der Waals surface area (Å²) in [6, 6.07) is 0. The number of allylic oxidation sites excluding steroid dienone is 3. The standard InChI is InChI=1S/C15H18O2.C2H6O/c1-9-4-5-12(10(2)8-16)6-14-11(3)15(17)7-13(9)14;1-3-2/h8,12-14H,1-7H2;1-2H3/t12-,13?,14?;/m1./s1. The van der Waals surface area contributed by atoms with Gasteiger partial charge in [0.15, 0.2) is 5.78 Å². The van der Waals surface area contributed by atoms with Gasteiger partial charge in [0.1, 0.15) is 6.29 Å². The van der Waals surface area contributed by atoms with Gasteiger partial charge in [-0.1, -0.05) is 25.3 Å². The van der Waals surface area contributed by atoms with E-state index in [0.29, 0.717) is 12.0 Å². The van der Waals surface area contributed by atoms with Crippen molar-refractivity contribution in [3.05, 3.63) is 36.5 Å². The lowest BCUT2D eigenvalue weighted by Gasteiger charge is -2.20. The zero-order valence-corrected chi connectivity index (χ0v) is 12.5. The molecule has 2 fully saturated rings. The second-order valence-electron chi connectivity index (χ2n) is 5.60. The molecule has 3 atom stereocenters. The van der Waals surface area contributed by atoms with Gasteiger partial charge in [-0.3, -0.25) is 9.59 Å². The van der Waals surface area contributed by atoms with Crippen molar-refractivity contribution < 1.29 is 14.3 Å². The van der Waals surface area contributed by atoms with Gasteiger partial charge in [-0.25, -0.2) is 0 Å². The summed E-state index contributed by atoms with van der Waals surface area (Å²) in [5, 5.41) is 0. The molecule has 110 valence electrons. The summed E-state index contributed by atoms with van der Waals surface area (Å²) < 4.78 is 4.25. The molecule has 2 saturated carbocycles. The number of fused-ring (bicyclic) bond motifs is 1. The first-order valence-corrected chi connectivity index (χ1v) is 6.90. The predicted molar refractivity (Wildman–Crippen MR) is 80.4 cm³/mol. The van der Waals surface area contributed by atoms with Crippen LogP contribution in [0.5, 0.6) is 0 Å². The number of ketones is 1. The molecule has 3 heteroatoms. The van der Waals surface area contributed by atoms with E-state index in [9.17, 15) is 9.59 Å². The summed E-state index contributed by atoms with van der Waals surface area (Å²) in [5.41, 5.74) is 2.51. The lowest BCUT2D eigenvalue weighted by molar-refractivity contribution is -0.114. The maximum Gasteiger partial charge on any atom is 0.159 e. The lowest BCUT2D eigenvalue weighted by atomic mass is 9.83. The highest BCUT2D eigenvalue weighted by atomic mass is 16.4. The Morgan fingerprint density at radius 3 is 2.45 bits per heavy atom. The van der Waals surface area contributed by atoms with E-state index in [0.717, 1.165) is 36.7 Å². The molecule has 0 radical (unpaired) electrons. The van der Waals surface area contributed by atoms with E-state index in [-0.39, 0.29) is 23.5 Å². The molecule has 0 N–H and O–H groups in total. The van der Waals surface area contributed by atoms with Crippen molar-refractivity contribution in [3.8, 4) is 0 Å². The molecule has 0 saturated heterocycles. The second kappa shape index (κ2) is 7.34. The van der Waals surface area contributed by atoms with E-state index in [2.05, 4.69) is 24.5 Å². The Labute approximate surface area is 121 Å². The fraction of sp³-hybridized carbons (Fsp3) is 0.529. The van der Waals surface area contributed by atoms with E-state index in [1.165, 1.54) is 0 Å². The van der Waals surface area contributed by atoms with Crippen molar-refractivity contribution >= 4 is 12.1 Å². The molecule has 0 amide bonds. The number of hydrogen-bond donors (Lipinski definition) is 0. The Kier molecular flexibility index (Phi) is 6.08. The second-order valence-corrected chi connectivity index (χ2v) is 5.60. The van der Waals surface area contributed by atoms with Crippen molar-refractivity contribution in [2.75, 3.05) is 14.2 Å². The number of methoxy groups -OCH3 is 1. The molecule has 2 aliphatic carbocycles. The maximum atomic E-state index is 11.7. The van der Waals surface area contributed by atoms with Crippen molar-refractivity contribution in [1.29, 1.82) is 0 Å². The Bertz CT molecular complexity index is 434. The van der Waals surface area contributed by atoms with Gasteiger partial charge < -0.3 is 4.74 Å². The SMILES string of the molecule is C=C1CC[C@@H](C(=C)C=O)CC2C(=C)C(=O)CC12.COC. The van der Waals surface area contributed by atoms with Crippen molar-refractivity contribution in [1.82, 2.24) is 0 Å². The predicted octanol–water partition coefficient (Wildman–Crippen LogP) is 3.12. The first kappa shape index (κ1) is 16.6. The molecule has 2 aliphatic rings. The van der Waals surface area contributed by atoms with E-state index >= 15 is 0 Å². The summed E-state index contributed by atoms with van der Waals surface area (Å²) in [4.78, 5) is 22.5. The summed E-state index contributed by atoms with van der Waals surface area (Å²) in [5.74, 6) is 0.777. The zero-order chi connectivity index (χ0) is 15.3. The lowest BCUT2D eigenvalue weighted by Crippen LogP contribution is -2.13. The van der Waals surface area contributed by atoms with Crippen LogP contribution >= 0.6 is 0 Å². The molecule has 0 spiro atoms. The van der Waals surface area contributed by atoms with Gasteiger partial charge in [-0.05, 0) is 48.2 Å². The van der Waals surface area contributed by atoms with Gasteiger partial charge >= 0.3 is 0 Å². The summed E-state index contributed by atoms with van der Waals surface area (Å²) in [6.45, 7) is 11.8. The van der Waals surface area contributed by atoms with Crippen molar-refractivity contribution in [2.45, 2.75) is 25.7 Å². The minimum absolute atomic E-state index is 0.165. The van der Waals surface area contributed by atoms with Crippen LogP contribution in [0.15, 0.2) is 36.5 Å². The molecule has 2 unspecified atom stereocenters. The Hall–Kier alpha value is -1.48. The Morgan fingerprint density at radius 1 is 1.30 bits per heavy atom. The van der Waals surface area contributed by atoms with Crippen LogP contribution in [0, 0.1) is 17.8 Å². The third-order valence-corrected chi connectivity index (χ3v) is 4.25. The Morgan fingerprint density at radius 2 is 1.90 bits per heavy atom. The van der Waals surface area contributed by atoms with Gasteiger partial charge in [-0.15, -0.1) is 0 Å². The molecule has 2 rings (SSSR count). The first-order chi connectivity index (χ1) is 9.46. The zero-order valence-electron chi connectivity index (χ0n) is 12.5.